The molecule has 1 aromatic rings. The third kappa shape index (κ3) is 2.49. The van der Waals surface area contributed by atoms with E-state index in [0.29, 0.717) is 17.9 Å². The van der Waals surface area contributed by atoms with Crippen molar-refractivity contribution in [1.82, 2.24) is 5.32 Å². The molecule has 0 saturated carbocycles. The maximum Gasteiger partial charge on any atom is 0.255 e. The van der Waals surface area contributed by atoms with Crippen molar-refractivity contribution in [3.63, 3.8) is 0 Å². The van der Waals surface area contributed by atoms with E-state index >= 15 is 0 Å². The lowest BCUT2D eigenvalue weighted by atomic mass is 10.1. The first kappa shape index (κ1) is 11.6. The molecule has 0 aliphatic heterocycles. The third-order valence-corrected chi connectivity index (χ3v) is 2.34. The fraction of sp³-hybridized carbons (Fsp3) is 0.417. The lowest BCUT2D eigenvalue weighted by Gasteiger charge is -2.04. The smallest absolute Gasteiger partial charge is 0.255 e. The second kappa shape index (κ2) is 4.34. The summed E-state index contributed by atoms with van der Waals surface area (Å²) in [4.78, 5) is 11.8. The Labute approximate surface area is 90.2 Å². The normalized spacial score (nSPS) is 10.1. The zero-order chi connectivity index (χ0) is 11.6. The number of hydrogen-bond acceptors (Lipinski definition) is 2. The first-order valence-corrected chi connectivity index (χ1v) is 4.92. The maximum atomic E-state index is 11.8. The molecule has 0 aliphatic rings. The summed E-state index contributed by atoms with van der Waals surface area (Å²) in [6, 6.07) is 0. The molecule has 1 aromatic heterocycles. The average molecular weight is 207 g/mol. The van der Waals surface area contributed by atoms with Crippen molar-refractivity contribution >= 4 is 5.91 Å². The highest BCUT2D eigenvalue weighted by Crippen LogP contribution is 2.20. The van der Waals surface area contributed by atoms with Crippen LogP contribution in [0.5, 0.6) is 0 Å². The highest BCUT2D eigenvalue weighted by molar-refractivity contribution is 5.96. The van der Waals surface area contributed by atoms with Crippen molar-refractivity contribution < 1.29 is 9.21 Å². The molecule has 0 radical (unpaired) electrons. The van der Waals surface area contributed by atoms with Gasteiger partial charge in [-0.3, -0.25) is 4.79 Å². The van der Waals surface area contributed by atoms with Crippen LogP contribution < -0.4 is 5.32 Å². The average Bonchev–Trinajstić information content (AvgIpc) is 2.37. The van der Waals surface area contributed by atoms with Crippen molar-refractivity contribution in [3.8, 4) is 0 Å². The molecule has 3 heteroatoms. The van der Waals surface area contributed by atoms with Crippen molar-refractivity contribution in [2.24, 2.45) is 0 Å². The molecule has 0 fully saturated rings. The number of furan rings is 1. The summed E-state index contributed by atoms with van der Waals surface area (Å²) < 4.78 is 5.39. The van der Waals surface area contributed by atoms with E-state index in [0.717, 1.165) is 16.9 Å². The van der Waals surface area contributed by atoms with E-state index in [1.54, 1.807) is 6.92 Å². The van der Waals surface area contributed by atoms with E-state index in [1.807, 2.05) is 20.8 Å². The lowest BCUT2D eigenvalue weighted by Crippen LogP contribution is -2.25. The summed E-state index contributed by atoms with van der Waals surface area (Å²) in [5.41, 5.74) is 2.49. The summed E-state index contributed by atoms with van der Waals surface area (Å²) in [6.07, 6.45) is 0. The minimum Gasteiger partial charge on any atom is -0.466 e. The summed E-state index contributed by atoms with van der Waals surface area (Å²) in [6.45, 7) is 11.7. The number of aryl methyl sites for hydroxylation is 2. The highest BCUT2D eigenvalue weighted by atomic mass is 16.3. The molecule has 1 N–H and O–H groups in total. The van der Waals surface area contributed by atoms with Gasteiger partial charge in [-0.25, -0.2) is 0 Å². The molecule has 0 saturated heterocycles. The minimum atomic E-state index is -0.0927. The molecule has 82 valence electrons. The van der Waals surface area contributed by atoms with Crippen LogP contribution in [-0.2, 0) is 0 Å². The van der Waals surface area contributed by atoms with Gasteiger partial charge in [0.2, 0.25) is 0 Å². The Kier molecular flexibility index (Phi) is 3.35. The Bertz CT molecular complexity index is 402. The van der Waals surface area contributed by atoms with Crippen LogP contribution in [0.15, 0.2) is 16.6 Å². The van der Waals surface area contributed by atoms with Gasteiger partial charge >= 0.3 is 0 Å². The van der Waals surface area contributed by atoms with Crippen molar-refractivity contribution in [1.29, 1.82) is 0 Å². The van der Waals surface area contributed by atoms with Gasteiger partial charge in [-0.2, -0.15) is 0 Å². The summed E-state index contributed by atoms with van der Waals surface area (Å²) in [5, 5.41) is 2.79. The molecule has 1 rings (SSSR count). The van der Waals surface area contributed by atoms with Gasteiger partial charge in [0, 0.05) is 12.1 Å². The summed E-state index contributed by atoms with van der Waals surface area (Å²) in [5.74, 6) is 1.38. The number of amides is 1. The van der Waals surface area contributed by atoms with Crippen LogP contribution in [0, 0.1) is 20.8 Å². The quantitative estimate of drug-likeness (QED) is 0.774. The zero-order valence-corrected chi connectivity index (χ0v) is 9.73. The Hall–Kier alpha value is -1.51. The van der Waals surface area contributed by atoms with Crippen molar-refractivity contribution in [2.75, 3.05) is 6.54 Å². The van der Waals surface area contributed by atoms with Crippen LogP contribution >= 0.6 is 0 Å². The predicted molar refractivity (Wildman–Crippen MR) is 60.1 cm³/mol. The van der Waals surface area contributed by atoms with E-state index in [1.165, 1.54) is 0 Å². The van der Waals surface area contributed by atoms with Gasteiger partial charge in [0.25, 0.3) is 5.91 Å². The molecule has 15 heavy (non-hydrogen) atoms. The second-order valence-corrected chi connectivity index (χ2v) is 3.85. The third-order valence-electron chi connectivity index (χ3n) is 2.34. The van der Waals surface area contributed by atoms with E-state index < -0.39 is 0 Å². The van der Waals surface area contributed by atoms with Crippen LogP contribution in [0.4, 0.5) is 0 Å². The van der Waals surface area contributed by atoms with Crippen LogP contribution in [0.1, 0.15) is 34.4 Å². The van der Waals surface area contributed by atoms with Crippen LogP contribution in [0.3, 0.4) is 0 Å². The van der Waals surface area contributed by atoms with E-state index in [4.69, 9.17) is 4.42 Å². The molecule has 0 bridgehead atoms. The number of carbonyl (C=O) groups is 1. The van der Waals surface area contributed by atoms with E-state index in [2.05, 4.69) is 11.9 Å². The second-order valence-electron chi connectivity index (χ2n) is 3.85. The van der Waals surface area contributed by atoms with Gasteiger partial charge in [-0.1, -0.05) is 12.2 Å². The largest absolute Gasteiger partial charge is 0.466 e. The molecule has 0 aromatic carbocycles. The fourth-order valence-electron chi connectivity index (χ4n) is 1.45. The summed E-state index contributed by atoms with van der Waals surface area (Å²) >= 11 is 0. The first-order chi connectivity index (χ1) is 6.93. The van der Waals surface area contributed by atoms with Gasteiger partial charge in [0.15, 0.2) is 0 Å². The van der Waals surface area contributed by atoms with Crippen LogP contribution in [-0.4, -0.2) is 12.5 Å². The maximum absolute atomic E-state index is 11.8. The molecule has 0 atom stereocenters. The fourth-order valence-corrected chi connectivity index (χ4v) is 1.45. The van der Waals surface area contributed by atoms with E-state index in [9.17, 15) is 4.79 Å². The van der Waals surface area contributed by atoms with Gasteiger partial charge in [0.05, 0.1) is 5.56 Å². The Morgan fingerprint density at radius 1 is 1.33 bits per heavy atom. The van der Waals surface area contributed by atoms with Crippen LogP contribution in [0.25, 0.3) is 0 Å². The molecule has 3 nitrogen and oxygen atoms in total. The number of hydrogen-bond donors (Lipinski definition) is 1. The van der Waals surface area contributed by atoms with Crippen molar-refractivity contribution in [3.05, 3.63) is 34.8 Å². The number of rotatable bonds is 3. The molecule has 0 aliphatic carbocycles. The molecule has 1 heterocycles. The Morgan fingerprint density at radius 3 is 2.33 bits per heavy atom. The zero-order valence-electron chi connectivity index (χ0n) is 9.73. The molecule has 0 spiro atoms. The molecular weight excluding hydrogens is 190 g/mol. The molecule has 1 amide bonds. The lowest BCUT2D eigenvalue weighted by molar-refractivity contribution is 0.0955. The summed E-state index contributed by atoms with van der Waals surface area (Å²) in [7, 11) is 0. The predicted octanol–water partition coefficient (Wildman–Crippen LogP) is 2.51. The first-order valence-electron chi connectivity index (χ1n) is 4.92. The topological polar surface area (TPSA) is 42.2 Å². The number of nitrogens with one attached hydrogen (secondary N) is 1. The Morgan fingerprint density at radius 2 is 1.93 bits per heavy atom. The van der Waals surface area contributed by atoms with Gasteiger partial charge in [-0.15, -0.1) is 0 Å². The minimum absolute atomic E-state index is 0.0927. The SMILES string of the molecule is C=C(C)CNC(=O)c1c(C)oc(C)c1C. The van der Waals surface area contributed by atoms with Gasteiger partial charge in [-0.05, 0) is 27.7 Å². The Balaban J connectivity index is 2.86. The number of carbonyl (C=O) groups excluding carboxylic acids is 1. The van der Waals surface area contributed by atoms with Gasteiger partial charge < -0.3 is 9.73 Å². The van der Waals surface area contributed by atoms with Crippen molar-refractivity contribution in [2.45, 2.75) is 27.7 Å². The van der Waals surface area contributed by atoms with Crippen LogP contribution in [0.2, 0.25) is 0 Å². The highest BCUT2D eigenvalue weighted by Gasteiger charge is 2.17. The molecular formula is C12H17NO2. The van der Waals surface area contributed by atoms with Gasteiger partial charge in [0.1, 0.15) is 11.5 Å². The monoisotopic (exact) mass is 207 g/mol. The molecule has 0 unspecified atom stereocenters. The van der Waals surface area contributed by atoms with E-state index in [-0.39, 0.29) is 5.91 Å². The standard InChI is InChI=1S/C12H17NO2/c1-7(2)6-13-12(14)11-8(3)9(4)15-10(11)5/h1,6H2,2-5H3,(H,13,14).